The van der Waals surface area contributed by atoms with Crippen LogP contribution >= 0.6 is 11.3 Å². The Morgan fingerprint density at radius 2 is 2.12 bits per heavy atom. The van der Waals surface area contributed by atoms with E-state index in [1.807, 2.05) is 37.4 Å². The third-order valence-corrected chi connectivity index (χ3v) is 4.39. The molecule has 0 aliphatic carbocycles. The SMILES string of the molecule is COc1ccc(OC)c(CCNC(=O)N[C@H](C)c2csc(C)n2)c1. The van der Waals surface area contributed by atoms with Crippen LogP contribution in [0.4, 0.5) is 4.79 Å². The number of methoxy groups -OCH3 is 2. The maximum absolute atomic E-state index is 12.0. The van der Waals surface area contributed by atoms with Crippen LogP contribution in [-0.4, -0.2) is 31.8 Å². The van der Waals surface area contributed by atoms with Gasteiger partial charge in [0.25, 0.3) is 0 Å². The van der Waals surface area contributed by atoms with Crippen molar-refractivity contribution in [3.8, 4) is 11.5 Å². The van der Waals surface area contributed by atoms with Crippen LogP contribution in [0.1, 0.15) is 29.2 Å². The number of aromatic nitrogens is 1. The number of hydrogen-bond donors (Lipinski definition) is 2. The van der Waals surface area contributed by atoms with E-state index in [9.17, 15) is 4.79 Å². The lowest BCUT2D eigenvalue weighted by Gasteiger charge is -2.14. The summed E-state index contributed by atoms with van der Waals surface area (Å²) < 4.78 is 10.6. The first-order valence-corrected chi connectivity index (χ1v) is 8.58. The van der Waals surface area contributed by atoms with Gasteiger partial charge in [-0.25, -0.2) is 9.78 Å². The molecule has 1 aromatic carbocycles. The van der Waals surface area contributed by atoms with Crippen molar-refractivity contribution in [3.63, 3.8) is 0 Å². The van der Waals surface area contributed by atoms with Crippen LogP contribution in [0.5, 0.6) is 11.5 Å². The Morgan fingerprint density at radius 3 is 2.75 bits per heavy atom. The van der Waals surface area contributed by atoms with Gasteiger partial charge < -0.3 is 20.1 Å². The third-order valence-electron chi connectivity index (χ3n) is 3.60. The molecule has 2 N–H and O–H groups in total. The first kappa shape index (κ1) is 18.1. The minimum absolute atomic E-state index is 0.124. The van der Waals surface area contributed by atoms with Gasteiger partial charge in [0.05, 0.1) is 31.0 Å². The van der Waals surface area contributed by atoms with Crippen molar-refractivity contribution in [3.05, 3.63) is 39.8 Å². The van der Waals surface area contributed by atoms with Crippen LogP contribution in [0.15, 0.2) is 23.6 Å². The third kappa shape index (κ3) is 4.86. The Balaban J connectivity index is 1.84. The topological polar surface area (TPSA) is 72.5 Å². The molecule has 0 saturated heterocycles. The summed E-state index contributed by atoms with van der Waals surface area (Å²) in [6.07, 6.45) is 0.651. The molecular formula is C17H23N3O3S. The van der Waals surface area contributed by atoms with Crippen molar-refractivity contribution in [2.24, 2.45) is 0 Å². The number of nitrogens with zero attached hydrogens (tertiary/aromatic N) is 1. The number of aryl methyl sites for hydroxylation is 1. The van der Waals surface area contributed by atoms with E-state index >= 15 is 0 Å². The lowest BCUT2D eigenvalue weighted by Crippen LogP contribution is -2.38. The molecule has 0 radical (unpaired) electrons. The molecule has 6 nitrogen and oxygen atoms in total. The maximum atomic E-state index is 12.0. The molecule has 2 rings (SSSR count). The molecule has 7 heteroatoms. The number of benzene rings is 1. The number of nitrogens with one attached hydrogen (secondary N) is 2. The van der Waals surface area contributed by atoms with Crippen LogP contribution in [-0.2, 0) is 6.42 Å². The molecule has 0 unspecified atom stereocenters. The second-order valence-corrected chi connectivity index (χ2v) is 6.40. The number of rotatable bonds is 7. The van der Waals surface area contributed by atoms with E-state index in [1.54, 1.807) is 25.6 Å². The van der Waals surface area contributed by atoms with Gasteiger partial charge in [-0.1, -0.05) is 0 Å². The van der Waals surface area contributed by atoms with Crippen LogP contribution in [0.3, 0.4) is 0 Å². The average Bonchev–Trinajstić information content (AvgIpc) is 3.01. The molecular weight excluding hydrogens is 326 g/mol. The molecule has 0 fully saturated rings. The van der Waals surface area contributed by atoms with Crippen molar-refractivity contribution >= 4 is 17.4 Å². The number of ether oxygens (including phenoxy) is 2. The highest BCUT2D eigenvalue weighted by molar-refractivity contribution is 7.09. The van der Waals surface area contributed by atoms with E-state index in [-0.39, 0.29) is 12.1 Å². The molecule has 1 heterocycles. The lowest BCUT2D eigenvalue weighted by molar-refractivity contribution is 0.238. The van der Waals surface area contributed by atoms with Gasteiger partial charge >= 0.3 is 6.03 Å². The van der Waals surface area contributed by atoms with Gasteiger partial charge in [-0.15, -0.1) is 11.3 Å². The second-order valence-electron chi connectivity index (χ2n) is 5.34. The molecule has 1 atom stereocenters. The zero-order valence-electron chi connectivity index (χ0n) is 14.4. The Bertz CT molecular complexity index is 687. The predicted octanol–water partition coefficient (Wildman–Crippen LogP) is 3.07. The molecule has 24 heavy (non-hydrogen) atoms. The quantitative estimate of drug-likeness (QED) is 0.806. The summed E-state index contributed by atoms with van der Waals surface area (Å²) >= 11 is 1.57. The lowest BCUT2D eigenvalue weighted by atomic mass is 10.1. The fourth-order valence-corrected chi connectivity index (χ4v) is 2.99. The zero-order valence-corrected chi connectivity index (χ0v) is 15.2. The highest BCUT2D eigenvalue weighted by atomic mass is 32.1. The zero-order chi connectivity index (χ0) is 17.5. The molecule has 0 spiro atoms. The van der Waals surface area contributed by atoms with E-state index in [4.69, 9.17) is 9.47 Å². The van der Waals surface area contributed by atoms with Crippen LogP contribution in [0.2, 0.25) is 0 Å². The maximum Gasteiger partial charge on any atom is 0.315 e. The summed E-state index contributed by atoms with van der Waals surface area (Å²) in [7, 11) is 3.25. The minimum atomic E-state index is -0.213. The molecule has 0 aliphatic heterocycles. The van der Waals surface area contributed by atoms with Crippen molar-refractivity contribution < 1.29 is 14.3 Å². The normalized spacial score (nSPS) is 11.7. The van der Waals surface area contributed by atoms with Crippen molar-refractivity contribution in [1.82, 2.24) is 15.6 Å². The van der Waals surface area contributed by atoms with E-state index in [1.165, 1.54) is 0 Å². The van der Waals surface area contributed by atoms with Crippen molar-refractivity contribution in [2.45, 2.75) is 26.3 Å². The van der Waals surface area contributed by atoms with Gasteiger partial charge in [0.2, 0.25) is 0 Å². The number of urea groups is 1. The largest absolute Gasteiger partial charge is 0.497 e. The molecule has 130 valence electrons. The molecule has 2 amide bonds. The summed E-state index contributed by atoms with van der Waals surface area (Å²) in [5.41, 5.74) is 1.86. The fourth-order valence-electron chi connectivity index (χ4n) is 2.29. The van der Waals surface area contributed by atoms with Gasteiger partial charge in [0.15, 0.2) is 0 Å². The number of thiazole rings is 1. The highest BCUT2D eigenvalue weighted by Gasteiger charge is 2.12. The highest BCUT2D eigenvalue weighted by Crippen LogP contribution is 2.24. The Kier molecular flexibility index (Phi) is 6.43. The summed E-state index contributed by atoms with van der Waals surface area (Å²) in [6, 6.07) is 5.29. The summed E-state index contributed by atoms with van der Waals surface area (Å²) in [4.78, 5) is 16.4. The van der Waals surface area contributed by atoms with E-state index in [0.717, 1.165) is 27.8 Å². The predicted molar refractivity (Wildman–Crippen MR) is 95.1 cm³/mol. The standard InChI is InChI=1S/C17H23N3O3S/c1-11(15-10-24-12(2)20-15)19-17(21)18-8-7-13-9-14(22-3)5-6-16(13)23-4/h5-6,9-11H,7-8H2,1-4H3,(H2,18,19,21)/t11-/m1/s1. The Labute approximate surface area is 146 Å². The Morgan fingerprint density at radius 1 is 1.33 bits per heavy atom. The van der Waals surface area contributed by atoms with Gasteiger partial charge in [0, 0.05) is 11.9 Å². The van der Waals surface area contributed by atoms with E-state index in [0.29, 0.717) is 13.0 Å². The first-order chi connectivity index (χ1) is 11.5. The molecule has 1 aromatic heterocycles. The fraction of sp³-hybridized carbons (Fsp3) is 0.412. The number of amides is 2. The summed E-state index contributed by atoms with van der Waals surface area (Å²) in [6.45, 7) is 4.36. The number of carbonyl (C=O) groups is 1. The molecule has 0 saturated carbocycles. The van der Waals surface area contributed by atoms with Crippen LogP contribution in [0, 0.1) is 6.92 Å². The molecule has 0 aliphatic rings. The summed E-state index contributed by atoms with van der Waals surface area (Å²) in [5.74, 6) is 1.55. The van der Waals surface area contributed by atoms with Crippen molar-refractivity contribution in [1.29, 1.82) is 0 Å². The monoisotopic (exact) mass is 349 g/mol. The van der Waals surface area contributed by atoms with Crippen molar-refractivity contribution in [2.75, 3.05) is 20.8 Å². The summed E-state index contributed by atoms with van der Waals surface area (Å²) in [5, 5.41) is 8.69. The van der Waals surface area contributed by atoms with Crippen LogP contribution in [0.25, 0.3) is 0 Å². The van der Waals surface area contributed by atoms with Gasteiger partial charge in [0.1, 0.15) is 11.5 Å². The second kappa shape index (κ2) is 8.54. The number of carbonyl (C=O) groups excluding carboxylic acids is 1. The van der Waals surface area contributed by atoms with E-state index < -0.39 is 0 Å². The molecule has 2 aromatic rings. The molecule has 0 bridgehead atoms. The number of hydrogen-bond acceptors (Lipinski definition) is 5. The smallest absolute Gasteiger partial charge is 0.315 e. The van der Waals surface area contributed by atoms with E-state index in [2.05, 4.69) is 15.6 Å². The average molecular weight is 349 g/mol. The first-order valence-electron chi connectivity index (χ1n) is 7.70. The van der Waals surface area contributed by atoms with Crippen LogP contribution < -0.4 is 20.1 Å². The minimum Gasteiger partial charge on any atom is -0.497 e. The Hall–Kier alpha value is -2.28. The van der Waals surface area contributed by atoms with Gasteiger partial charge in [-0.2, -0.15) is 0 Å². The van der Waals surface area contributed by atoms with Gasteiger partial charge in [-0.3, -0.25) is 0 Å². The van der Waals surface area contributed by atoms with Gasteiger partial charge in [-0.05, 0) is 44.0 Å².